The van der Waals surface area contributed by atoms with Crippen LogP contribution in [-0.4, -0.2) is 31.2 Å². The van der Waals surface area contributed by atoms with E-state index in [1.165, 1.54) is 0 Å². The molecule has 0 spiro atoms. The lowest BCUT2D eigenvalue weighted by Gasteiger charge is -2.13. The molecule has 1 aliphatic heterocycles. The van der Waals surface area contributed by atoms with Crippen LogP contribution in [0.5, 0.6) is 0 Å². The van der Waals surface area contributed by atoms with Gasteiger partial charge in [0, 0.05) is 13.2 Å². The molecule has 0 saturated carbocycles. The summed E-state index contributed by atoms with van der Waals surface area (Å²) in [6.07, 6.45) is 4.44. The highest BCUT2D eigenvalue weighted by Gasteiger charge is 2.17. The van der Waals surface area contributed by atoms with E-state index in [1.807, 2.05) is 0 Å². The minimum absolute atomic E-state index is 0.125. The predicted octanol–water partition coefficient (Wildman–Crippen LogP) is 0.185. The zero-order chi connectivity index (χ0) is 10.4. The molecule has 0 bridgehead atoms. The molecular formula is C10H18N2O2. The first-order valence-electron chi connectivity index (χ1n) is 5.00. The van der Waals surface area contributed by atoms with Crippen LogP contribution in [0, 0.1) is 0 Å². The molecule has 4 nitrogen and oxygen atoms in total. The molecule has 2 atom stereocenters. The van der Waals surface area contributed by atoms with Crippen molar-refractivity contribution in [2.45, 2.75) is 31.4 Å². The molecule has 1 saturated heterocycles. The molecule has 80 valence electrons. The third kappa shape index (κ3) is 3.47. The molecule has 14 heavy (non-hydrogen) atoms. The Kier molecular flexibility index (Phi) is 4.62. The summed E-state index contributed by atoms with van der Waals surface area (Å²) in [5.41, 5.74) is 5.59. The quantitative estimate of drug-likeness (QED) is 0.620. The van der Waals surface area contributed by atoms with E-state index in [-0.39, 0.29) is 12.0 Å². The van der Waals surface area contributed by atoms with Crippen LogP contribution in [0.2, 0.25) is 0 Å². The van der Waals surface area contributed by atoms with Gasteiger partial charge in [-0.1, -0.05) is 6.08 Å². The molecule has 4 heteroatoms. The van der Waals surface area contributed by atoms with Crippen molar-refractivity contribution >= 4 is 5.91 Å². The number of nitrogens with one attached hydrogen (secondary N) is 1. The Morgan fingerprint density at radius 2 is 2.57 bits per heavy atom. The smallest absolute Gasteiger partial charge is 0.237 e. The summed E-state index contributed by atoms with van der Waals surface area (Å²) in [4.78, 5) is 11.4. The summed E-state index contributed by atoms with van der Waals surface area (Å²) in [5.74, 6) is -0.125. The third-order valence-electron chi connectivity index (χ3n) is 2.29. The number of carbonyl (C=O) groups is 1. The van der Waals surface area contributed by atoms with Gasteiger partial charge in [0.05, 0.1) is 12.1 Å². The maximum atomic E-state index is 11.4. The normalized spacial score (nSPS) is 23.1. The standard InChI is InChI=1S/C10H18N2O2/c1-2-4-9(11)10(13)12-7-8-5-3-6-14-8/h2,8-9H,1,3-7,11H2,(H,12,13). The van der Waals surface area contributed by atoms with Crippen LogP contribution in [0.1, 0.15) is 19.3 Å². The Balaban J connectivity index is 2.16. The Morgan fingerprint density at radius 3 is 3.14 bits per heavy atom. The van der Waals surface area contributed by atoms with Crippen LogP contribution in [0.25, 0.3) is 0 Å². The molecule has 1 rings (SSSR count). The van der Waals surface area contributed by atoms with E-state index in [9.17, 15) is 4.79 Å². The zero-order valence-corrected chi connectivity index (χ0v) is 8.37. The second-order valence-corrected chi connectivity index (χ2v) is 3.51. The fraction of sp³-hybridized carbons (Fsp3) is 0.700. The van der Waals surface area contributed by atoms with E-state index in [2.05, 4.69) is 11.9 Å². The highest BCUT2D eigenvalue weighted by atomic mass is 16.5. The number of ether oxygens (including phenoxy) is 1. The molecule has 0 radical (unpaired) electrons. The molecule has 0 aromatic carbocycles. The van der Waals surface area contributed by atoms with Crippen LogP contribution in [-0.2, 0) is 9.53 Å². The summed E-state index contributed by atoms with van der Waals surface area (Å²) in [5, 5.41) is 2.77. The summed E-state index contributed by atoms with van der Waals surface area (Å²) in [7, 11) is 0. The molecule has 2 unspecified atom stereocenters. The number of carbonyl (C=O) groups excluding carboxylic acids is 1. The SMILES string of the molecule is C=CCC(N)C(=O)NCC1CCCO1. The molecular weight excluding hydrogens is 180 g/mol. The third-order valence-corrected chi connectivity index (χ3v) is 2.29. The lowest BCUT2D eigenvalue weighted by molar-refractivity contribution is -0.122. The second kappa shape index (κ2) is 5.78. The predicted molar refractivity (Wildman–Crippen MR) is 54.8 cm³/mol. The number of amides is 1. The van der Waals surface area contributed by atoms with Crippen LogP contribution in [0.15, 0.2) is 12.7 Å². The van der Waals surface area contributed by atoms with Crippen LogP contribution >= 0.6 is 0 Å². The van der Waals surface area contributed by atoms with Crippen molar-refractivity contribution in [1.29, 1.82) is 0 Å². The average molecular weight is 198 g/mol. The fourth-order valence-electron chi connectivity index (χ4n) is 1.44. The molecule has 1 fully saturated rings. The summed E-state index contributed by atoms with van der Waals surface area (Å²) in [6.45, 7) is 4.91. The van der Waals surface area contributed by atoms with Crippen molar-refractivity contribution < 1.29 is 9.53 Å². The Morgan fingerprint density at radius 1 is 1.79 bits per heavy atom. The first-order valence-corrected chi connectivity index (χ1v) is 5.00. The van der Waals surface area contributed by atoms with Crippen molar-refractivity contribution in [2.24, 2.45) is 5.73 Å². The van der Waals surface area contributed by atoms with Gasteiger partial charge in [0.1, 0.15) is 0 Å². The Bertz CT molecular complexity index is 200. The van der Waals surface area contributed by atoms with Crippen molar-refractivity contribution in [2.75, 3.05) is 13.2 Å². The zero-order valence-electron chi connectivity index (χ0n) is 8.37. The molecule has 3 N–H and O–H groups in total. The van der Waals surface area contributed by atoms with Gasteiger partial charge in [-0.3, -0.25) is 4.79 Å². The van der Waals surface area contributed by atoms with Gasteiger partial charge in [0.25, 0.3) is 0 Å². The van der Waals surface area contributed by atoms with Gasteiger partial charge in [-0.15, -0.1) is 6.58 Å². The molecule has 0 aliphatic carbocycles. The summed E-state index contributed by atoms with van der Waals surface area (Å²) < 4.78 is 5.37. The van der Waals surface area contributed by atoms with Crippen molar-refractivity contribution in [3.63, 3.8) is 0 Å². The number of nitrogens with two attached hydrogens (primary N) is 1. The fourth-order valence-corrected chi connectivity index (χ4v) is 1.44. The maximum Gasteiger partial charge on any atom is 0.237 e. The monoisotopic (exact) mass is 198 g/mol. The highest BCUT2D eigenvalue weighted by molar-refractivity contribution is 5.81. The Hall–Kier alpha value is -0.870. The van der Waals surface area contributed by atoms with Gasteiger partial charge >= 0.3 is 0 Å². The van der Waals surface area contributed by atoms with Crippen LogP contribution < -0.4 is 11.1 Å². The lowest BCUT2D eigenvalue weighted by Crippen LogP contribution is -2.43. The molecule has 0 aromatic rings. The first-order chi connectivity index (χ1) is 6.74. The topological polar surface area (TPSA) is 64.4 Å². The van der Waals surface area contributed by atoms with Gasteiger partial charge in [-0.05, 0) is 19.3 Å². The highest BCUT2D eigenvalue weighted by Crippen LogP contribution is 2.10. The largest absolute Gasteiger partial charge is 0.376 e. The van der Waals surface area contributed by atoms with E-state index in [4.69, 9.17) is 10.5 Å². The van der Waals surface area contributed by atoms with Gasteiger partial charge < -0.3 is 15.8 Å². The first kappa shape index (κ1) is 11.2. The molecule has 1 amide bonds. The second-order valence-electron chi connectivity index (χ2n) is 3.51. The number of hydrogen-bond acceptors (Lipinski definition) is 3. The Labute approximate surface area is 84.5 Å². The summed E-state index contributed by atoms with van der Waals surface area (Å²) >= 11 is 0. The van der Waals surface area contributed by atoms with Crippen LogP contribution in [0.4, 0.5) is 0 Å². The van der Waals surface area contributed by atoms with Gasteiger partial charge in [-0.25, -0.2) is 0 Å². The van der Waals surface area contributed by atoms with Crippen molar-refractivity contribution in [3.8, 4) is 0 Å². The maximum absolute atomic E-state index is 11.4. The van der Waals surface area contributed by atoms with Gasteiger partial charge in [0.2, 0.25) is 5.91 Å². The number of hydrogen-bond donors (Lipinski definition) is 2. The summed E-state index contributed by atoms with van der Waals surface area (Å²) in [6, 6.07) is -0.478. The van der Waals surface area contributed by atoms with E-state index >= 15 is 0 Å². The van der Waals surface area contributed by atoms with Crippen molar-refractivity contribution in [1.82, 2.24) is 5.32 Å². The molecule has 0 aromatic heterocycles. The van der Waals surface area contributed by atoms with E-state index in [1.54, 1.807) is 6.08 Å². The lowest BCUT2D eigenvalue weighted by atomic mass is 10.2. The number of rotatable bonds is 5. The average Bonchev–Trinajstić information content (AvgIpc) is 2.67. The molecule has 1 heterocycles. The van der Waals surface area contributed by atoms with Gasteiger partial charge in [0.15, 0.2) is 0 Å². The molecule has 1 aliphatic rings. The van der Waals surface area contributed by atoms with E-state index < -0.39 is 6.04 Å². The van der Waals surface area contributed by atoms with E-state index in [0.29, 0.717) is 13.0 Å². The van der Waals surface area contributed by atoms with Crippen molar-refractivity contribution in [3.05, 3.63) is 12.7 Å². The minimum Gasteiger partial charge on any atom is -0.376 e. The minimum atomic E-state index is -0.478. The van der Waals surface area contributed by atoms with E-state index in [0.717, 1.165) is 19.4 Å². The van der Waals surface area contributed by atoms with Gasteiger partial charge in [-0.2, -0.15) is 0 Å². The van der Waals surface area contributed by atoms with Crippen LogP contribution in [0.3, 0.4) is 0 Å².